The minimum absolute atomic E-state index is 0.114. The van der Waals surface area contributed by atoms with Crippen molar-refractivity contribution < 1.29 is 22.7 Å². The van der Waals surface area contributed by atoms with Gasteiger partial charge in [-0.15, -0.1) is 0 Å². The van der Waals surface area contributed by atoms with Crippen LogP contribution in [-0.2, 0) is 14.8 Å². The zero-order valence-corrected chi connectivity index (χ0v) is 11.8. The Labute approximate surface area is 121 Å². The second-order valence-electron chi connectivity index (χ2n) is 4.79. The van der Waals surface area contributed by atoms with Gasteiger partial charge < -0.3 is 5.11 Å². The van der Waals surface area contributed by atoms with Crippen molar-refractivity contribution in [3.05, 3.63) is 29.6 Å². The van der Waals surface area contributed by atoms with Crippen LogP contribution in [0.15, 0.2) is 23.1 Å². The number of carboxylic acid groups (broad SMARTS) is 1. The Kier molecular flexibility index (Phi) is 4.25. The predicted molar refractivity (Wildman–Crippen MR) is 70.2 cm³/mol. The van der Waals surface area contributed by atoms with Gasteiger partial charge in [0.1, 0.15) is 11.9 Å². The highest BCUT2D eigenvalue weighted by Crippen LogP contribution is 2.25. The lowest BCUT2D eigenvalue weighted by Gasteiger charge is -2.29. The number of nitrogens with zero attached hydrogens (tertiary/aromatic N) is 2. The Morgan fingerprint density at radius 1 is 1.48 bits per heavy atom. The molecule has 6 nitrogen and oxygen atoms in total. The number of rotatable bonds is 3. The summed E-state index contributed by atoms with van der Waals surface area (Å²) in [6.07, 6.45) is 0.872. The number of hydrogen-bond donors (Lipinski definition) is 1. The summed E-state index contributed by atoms with van der Waals surface area (Å²) in [4.78, 5) is 10.8. The lowest BCUT2D eigenvalue weighted by molar-refractivity contribution is -0.142. The van der Waals surface area contributed by atoms with E-state index in [1.54, 1.807) is 6.07 Å². The first-order chi connectivity index (χ1) is 9.86. The molecule has 0 unspecified atom stereocenters. The molecule has 0 aliphatic carbocycles. The summed E-state index contributed by atoms with van der Waals surface area (Å²) in [5, 5.41) is 17.8. The molecular formula is C13H13FN2O4S. The van der Waals surface area contributed by atoms with Crippen LogP contribution in [-0.4, -0.2) is 36.9 Å². The highest BCUT2D eigenvalue weighted by molar-refractivity contribution is 7.89. The van der Waals surface area contributed by atoms with Crippen molar-refractivity contribution in [2.24, 2.45) is 5.92 Å². The third kappa shape index (κ3) is 3.04. The van der Waals surface area contributed by atoms with Gasteiger partial charge >= 0.3 is 5.97 Å². The van der Waals surface area contributed by atoms with Crippen molar-refractivity contribution in [2.75, 3.05) is 13.1 Å². The zero-order valence-electron chi connectivity index (χ0n) is 11.0. The Bertz CT molecular complexity index is 711. The van der Waals surface area contributed by atoms with Crippen LogP contribution < -0.4 is 0 Å². The van der Waals surface area contributed by atoms with Gasteiger partial charge in [0.05, 0.1) is 16.4 Å². The minimum atomic E-state index is -3.93. The van der Waals surface area contributed by atoms with Gasteiger partial charge in [-0.1, -0.05) is 0 Å². The maximum Gasteiger partial charge on any atom is 0.307 e. The molecular weight excluding hydrogens is 299 g/mol. The maximum atomic E-state index is 13.3. The predicted octanol–water partition coefficient (Wildman–Crippen LogP) is 1.18. The molecule has 8 heteroatoms. The lowest BCUT2D eigenvalue weighted by Crippen LogP contribution is -2.42. The zero-order chi connectivity index (χ0) is 15.6. The molecule has 0 bridgehead atoms. The highest BCUT2D eigenvalue weighted by atomic mass is 32.2. The van der Waals surface area contributed by atoms with E-state index in [1.807, 2.05) is 0 Å². The molecule has 1 fully saturated rings. The number of hydrogen-bond acceptors (Lipinski definition) is 4. The van der Waals surface area contributed by atoms with Gasteiger partial charge in [0.15, 0.2) is 0 Å². The monoisotopic (exact) mass is 312 g/mol. The van der Waals surface area contributed by atoms with Crippen LogP contribution in [0.5, 0.6) is 0 Å². The van der Waals surface area contributed by atoms with Crippen LogP contribution in [0, 0.1) is 23.1 Å². The molecule has 1 heterocycles. The normalized spacial score (nSPS) is 19.9. The first kappa shape index (κ1) is 15.4. The molecule has 2 rings (SSSR count). The summed E-state index contributed by atoms with van der Waals surface area (Å²) in [6, 6.07) is 4.55. The summed E-state index contributed by atoms with van der Waals surface area (Å²) in [6.45, 7) is 0.0995. The summed E-state index contributed by atoms with van der Waals surface area (Å²) in [5.74, 6) is -2.57. The van der Waals surface area contributed by atoms with Crippen LogP contribution in [0.3, 0.4) is 0 Å². The fourth-order valence-electron chi connectivity index (χ4n) is 2.26. The molecule has 1 aliphatic heterocycles. The first-order valence-electron chi connectivity index (χ1n) is 6.29. The molecule has 0 spiro atoms. The molecule has 112 valence electrons. The van der Waals surface area contributed by atoms with E-state index in [0.717, 1.165) is 22.5 Å². The Morgan fingerprint density at radius 2 is 2.19 bits per heavy atom. The van der Waals surface area contributed by atoms with E-state index < -0.39 is 27.7 Å². The van der Waals surface area contributed by atoms with E-state index in [2.05, 4.69) is 0 Å². The molecule has 0 aromatic heterocycles. The van der Waals surface area contributed by atoms with Gasteiger partial charge in [0, 0.05) is 13.1 Å². The first-order valence-corrected chi connectivity index (χ1v) is 7.73. The average molecular weight is 312 g/mol. The average Bonchev–Trinajstić information content (AvgIpc) is 2.47. The van der Waals surface area contributed by atoms with E-state index in [4.69, 9.17) is 10.4 Å². The number of sulfonamides is 1. The Morgan fingerprint density at radius 3 is 2.81 bits per heavy atom. The van der Waals surface area contributed by atoms with Gasteiger partial charge in [0.25, 0.3) is 0 Å². The van der Waals surface area contributed by atoms with Crippen molar-refractivity contribution in [1.82, 2.24) is 4.31 Å². The Hall–Kier alpha value is -1.98. The smallest absolute Gasteiger partial charge is 0.307 e. The number of carbonyl (C=O) groups is 1. The third-order valence-corrected chi connectivity index (χ3v) is 5.29. The number of aliphatic carboxylic acids is 1. The fourth-order valence-corrected chi connectivity index (χ4v) is 3.81. The van der Waals surface area contributed by atoms with E-state index in [0.29, 0.717) is 12.8 Å². The van der Waals surface area contributed by atoms with Crippen LogP contribution in [0.25, 0.3) is 0 Å². The number of piperidine rings is 1. The van der Waals surface area contributed by atoms with Crippen LogP contribution >= 0.6 is 0 Å². The van der Waals surface area contributed by atoms with Crippen LogP contribution in [0.1, 0.15) is 18.4 Å². The van der Waals surface area contributed by atoms with Crippen molar-refractivity contribution >= 4 is 16.0 Å². The summed E-state index contributed by atoms with van der Waals surface area (Å²) >= 11 is 0. The Balaban J connectivity index is 2.34. The van der Waals surface area contributed by atoms with Gasteiger partial charge in [-0.3, -0.25) is 4.79 Å². The molecule has 0 amide bonds. The SMILES string of the molecule is N#Cc1cc(S(=O)(=O)N2CCC[C@@H](C(=O)O)C2)ccc1F. The molecule has 21 heavy (non-hydrogen) atoms. The molecule has 0 saturated carbocycles. The van der Waals surface area contributed by atoms with Gasteiger partial charge in [-0.25, -0.2) is 12.8 Å². The number of carboxylic acids is 1. The van der Waals surface area contributed by atoms with Crippen molar-refractivity contribution in [3.63, 3.8) is 0 Å². The van der Waals surface area contributed by atoms with E-state index >= 15 is 0 Å². The summed E-state index contributed by atoms with van der Waals surface area (Å²) in [7, 11) is -3.93. The molecule has 1 aromatic carbocycles. The number of nitriles is 1. The molecule has 1 atom stereocenters. The second kappa shape index (κ2) is 5.79. The highest BCUT2D eigenvalue weighted by Gasteiger charge is 2.33. The number of benzene rings is 1. The fraction of sp³-hybridized carbons (Fsp3) is 0.385. The van der Waals surface area contributed by atoms with Crippen LogP contribution in [0.4, 0.5) is 4.39 Å². The molecule has 1 saturated heterocycles. The minimum Gasteiger partial charge on any atom is -0.481 e. The van der Waals surface area contributed by atoms with Gasteiger partial charge in [0.2, 0.25) is 10.0 Å². The quantitative estimate of drug-likeness (QED) is 0.903. The summed E-state index contributed by atoms with van der Waals surface area (Å²) < 4.78 is 39.2. The van der Waals surface area contributed by atoms with E-state index in [9.17, 15) is 17.6 Å². The largest absolute Gasteiger partial charge is 0.481 e. The standard InChI is InChI=1S/C13H13FN2O4S/c14-12-4-3-11(6-10(12)7-15)21(19,20)16-5-1-2-9(8-16)13(17)18/h3-4,6,9H,1-2,5,8H2,(H,17,18)/t9-/m1/s1. The molecule has 1 N–H and O–H groups in total. The van der Waals surface area contributed by atoms with Crippen molar-refractivity contribution in [1.29, 1.82) is 5.26 Å². The van der Waals surface area contributed by atoms with Gasteiger partial charge in [-0.05, 0) is 31.0 Å². The lowest BCUT2D eigenvalue weighted by atomic mass is 10.0. The van der Waals surface area contributed by atoms with Crippen LogP contribution in [0.2, 0.25) is 0 Å². The molecule has 1 aliphatic rings. The molecule has 0 radical (unpaired) electrons. The van der Waals surface area contributed by atoms with E-state index in [-0.39, 0.29) is 23.5 Å². The van der Waals surface area contributed by atoms with Crippen molar-refractivity contribution in [2.45, 2.75) is 17.7 Å². The van der Waals surface area contributed by atoms with E-state index in [1.165, 1.54) is 0 Å². The number of halogens is 1. The maximum absolute atomic E-state index is 13.3. The molecule has 1 aromatic rings. The third-order valence-electron chi connectivity index (χ3n) is 3.43. The topological polar surface area (TPSA) is 98.5 Å². The van der Waals surface area contributed by atoms with Gasteiger partial charge in [-0.2, -0.15) is 9.57 Å². The second-order valence-corrected chi connectivity index (χ2v) is 6.73. The van der Waals surface area contributed by atoms with Crippen molar-refractivity contribution in [3.8, 4) is 6.07 Å². The summed E-state index contributed by atoms with van der Waals surface area (Å²) in [5.41, 5.74) is -0.358.